The number of hydrogen-bond donors (Lipinski definition) is 0. The molecule has 0 radical (unpaired) electrons. The van der Waals surface area contributed by atoms with Crippen molar-refractivity contribution in [3.05, 3.63) is 48.4 Å². The summed E-state index contributed by atoms with van der Waals surface area (Å²) in [6.45, 7) is 3.49. The van der Waals surface area contributed by atoms with Crippen molar-refractivity contribution in [3.63, 3.8) is 0 Å². The zero-order valence-electron chi connectivity index (χ0n) is 16.2. The first-order chi connectivity index (χ1) is 13.4. The Morgan fingerprint density at radius 1 is 1.21 bits per heavy atom. The summed E-state index contributed by atoms with van der Waals surface area (Å²) in [6.07, 6.45) is 2.60. The quantitative estimate of drug-likeness (QED) is 0.706. The van der Waals surface area contributed by atoms with Crippen LogP contribution in [0, 0.1) is 5.92 Å². The van der Waals surface area contributed by atoms with E-state index in [2.05, 4.69) is 0 Å². The zero-order chi connectivity index (χ0) is 20.1. The molecule has 0 N–H and O–H groups in total. The number of amides is 1. The summed E-state index contributed by atoms with van der Waals surface area (Å²) < 4.78 is 37.8. The van der Waals surface area contributed by atoms with Crippen LogP contribution in [0.5, 0.6) is 5.75 Å². The van der Waals surface area contributed by atoms with E-state index in [-0.39, 0.29) is 16.7 Å². The number of sulfonamides is 1. The Kier molecular flexibility index (Phi) is 6.41. The van der Waals surface area contributed by atoms with Gasteiger partial charge >= 0.3 is 0 Å². The van der Waals surface area contributed by atoms with Crippen LogP contribution in [0.15, 0.2) is 52.0 Å². The van der Waals surface area contributed by atoms with E-state index in [1.54, 1.807) is 48.5 Å². The lowest BCUT2D eigenvalue weighted by Gasteiger charge is -2.32. The first kappa shape index (κ1) is 20.4. The molecule has 1 aromatic carbocycles. The third-order valence-electron chi connectivity index (χ3n) is 4.93. The number of carbonyl (C=O) groups excluding carboxylic acids is 1. The van der Waals surface area contributed by atoms with Gasteiger partial charge < -0.3 is 14.1 Å². The standard InChI is InChI=1S/C20H26N2O5S/c1-3-26-17-6-8-19(9-7-17)28(24,25)22-12-10-16(11-13-22)20(23)21(2)15-18-5-4-14-27-18/h4-9,14,16H,3,10-13,15H2,1-2H3. The lowest BCUT2D eigenvalue weighted by Crippen LogP contribution is -2.43. The highest BCUT2D eigenvalue weighted by Gasteiger charge is 2.33. The van der Waals surface area contributed by atoms with Gasteiger partial charge in [0.15, 0.2) is 0 Å². The maximum absolute atomic E-state index is 12.9. The molecule has 0 saturated carbocycles. The van der Waals surface area contributed by atoms with Crippen molar-refractivity contribution < 1.29 is 22.4 Å². The van der Waals surface area contributed by atoms with Gasteiger partial charge in [0.05, 0.1) is 24.3 Å². The van der Waals surface area contributed by atoms with Gasteiger partial charge in [-0.25, -0.2) is 8.42 Å². The van der Waals surface area contributed by atoms with Crippen molar-refractivity contribution in [2.75, 3.05) is 26.7 Å². The van der Waals surface area contributed by atoms with Crippen molar-refractivity contribution in [1.82, 2.24) is 9.21 Å². The predicted molar refractivity (Wildman–Crippen MR) is 104 cm³/mol. The van der Waals surface area contributed by atoms with Gasteiger partial charge in [-0.1, -0.05) is 0 Å². The molecule has 28 heavy (non-hydrogen) atoms. The van der Waals surface area contributed by atoms with E-state index in [0.29, 0.717) is 44.8 Å². The first-order valence-corrected chi connectivity index (χ1v) is 10.9. The number of hydrogen-bond acceptors (Lipinski definition) is 5. The van der Waals surface area contributed by atoms with Crippen LogP contribution in [0.1, 0.15) is 25.5 Å². The summed E-state index contributed by atoms with van der Waals surface area (Å²) in [5.41, 5.74) is 0. The van der Waals surface area contributed by atoms with Crippen LogP contribution < -0.4 is 4.74 Å². The third-order valence-corrected chi connectivity index (χ3v) is 6.84. The van der Waals surface area contributed by atoms with E-state index >= 15 is 0 Å². The lowest BCUT2D eigenvalue weighted by molar-refractivity contribution is -0.136. The summed E-state index contributed by atoms with van der Waals surface area (Å²) in [6, 6.07) is 10.1. The molecule has 0 bridgehead atoms. The largest absolute Gasteiger partial charge is 0.494 e. The zero-order valence-corrected chi connectivity index (χ0v) is 17.0. The molecular formula is C20H26N2O5S. The molecule has 0 unspecified atom stereocenters. The van der Waals surface area contributed by atoms with Crippen molar-refractivity contribution in [2.45, 2.75) is 31.2 Å². The summed E-state index contributed by atoms with van der Waals surface area (Å²) in [4.78, 5) is 14.5. The molecular weight excluding hydrogens is 380 g/mol. The van der Waals surface area contributed by atoms with Crippen LogP contribution in [0.2, 0.25) is 0 Å². The summed E-state index contributed by atoms with van der Waals surface area (Å²) in [5.74, 6) is 1.22. The molecule has 152 valence electrons. The number of ether oxygens (including phenoxy) is 1. The van der Waals surface area contributed by atoms with E-state index in [1.165, 1.54) is 4.31 Å². The van der Waals surface area contributed by atoms with Gasteiger partial charge in [0.2, 0.25) is 15.9 Å². The van der Waals surface area contributed by atoms with Gasteiger partial charge in [-0.05, 0) is 56.2 Å². The normalized spacial score (nSPS) is 16.1. The minimum atomic E-state index is -3.57. The van der Waals surface area contributed by atoms with E-state index in [0.717, 1.165) is 5.76 Å². The van der Waals surface area contributed by atoms with E-state index in [9.17, 15) is 13.2 Å². The fraction of sp³-hybridized carbons (Fsp3) is 0.450. The minimum Gasteiger partial charge on any atom is -0.494 e. The smallest absolute Gasteiger partial charge is 0.243 e. The summed E-state index contributed by atoms with van der Waals surface area (Å²) in [5, 5.41) is 0. The van der Waals surface area contributed by atoms with Gasteiger partial charge in [-0.3, -0.25) is 4.79 Å². The Morgan fingerprint density at radius 3 is 2.46 bits per heavy atom. The van der Waals surface area contributed by atoms with Crippen molar-refractivity contribution in [3.8, 4) is 5.75 Å². The van der Waals surface area contributed by atoms with Crippen LogP contribution in [0.4, 0.5) is 0 Å². The Hall–Kier alpha value is -2.32. The number of carbonyl (C=O) groups is 1. The maximum atomic E-state index is 12.9. The molecule has 3 rings (SSSR count). The Balaban J connectivity index is 1.58. The molecule has 1 fully saturated rings. The van der Waals surface area contributed by atoms with Crippen LogP contribution >= 0.6 is 0 Å². The summed E-state index contributed by atoms with van der Waals surface area (Å²) in [7, 11) is -1.82. The maximum Gasteiger partial charge on any atom is 0.243 e. The monoisotopic (exact) mass is 406 g/mol. The molecule has 1 saturated heterocycles. The molecule has 8 heteroatoms. The van der Waals surface area contributed by atoms with Crippen molar-refractivity contribution in [1.29, 1.82) is 0 Å². The van der Waals surface area contributed by atoms with Crippen LogP contribution in [-0.2, 0) is 21.4 Å². The van der Waals surface area contributed by atoms with Crippen LogP contribution in [-0.4, -0.2) is 50.3 Å². The molecule has 0 aliphatic carbocycles. The molecule has 1 aliphatic rings. The first-order valence-electron chi connectivity index (χ1n) is 9.42. The highest BCUT2D eigenvalue weighted by molar-refractivity contribution is 7.89. The average Bonchev–Trinajstić information content (AvgIpc) is 3.21. The molecule has 2 heterocycles. The number of furan rings is 1. The van der Waals surface area contributed by atoms with Gasteiger partial charge in [-0.2, -0.15) is 4.31 Å². The summed E-state index contributed by atoms with van der Waals surface area (Å²) >= 11 is 0. The van der Waals surface area contributed by atoms with Gasteiger partial charge in [0.25, 0.3) is 0 Å². The van der Waals surface area contributed by atoms with Crippen molar-refractivity contribution >= 4 is 15.9 Å². The molecule has 2 aromatic rings. The second-order valence-corrected chi connectivity index (χ2v) is 8.79. The van der Waals surface area contributed by atoms with Crippen molar-refractivity contribution in [2.24, 2.45) is 5.92 Å². The van der Waals surface area contributed by atoms with E-state index < -0.39 is 10.0 Å². The second kappa shape index (κ2) is 8.79. The van der Waals surface area contributed by atoms with Gasteiger partial charge in [-0.15, -0.1) is 0 Å². The lowest BCUT2D eigenvalue weighted by atomic mass is 9.96. The Bertz CT molecular complexity index is 870. The van der Waals surface area contributed by atoms with Gasteiger partial charge in [0.1, 0.15) is 11.5 Å². The highest BCUT2D eigenvalue weighted by atomic mass is 32.2. The minimum absolute atomic E-state index is 0.0227. The molecule has 0 atom stereocenters. The predicted octanol–water partition coefficient (Wildman–Crippen LogP) is 2.74. The highest BCUT2D eigenvalue weighted by Crippen LogP contribution is 2.26. The van der Waals surface area contributed by atoms with Crippen LogP contribution in [0.3, 0.4) is 0 Å². The Morgan fingerprint density at radius 2 is 1.89 bits per heavy atom. The SMILES string of the molecule is CCOc1ccc(S(=O)(=O)N2CCC(C(=O)N(C)Cc3ccco3)CC2)cc1. The fourth-order valence-corrected chi connectivity index (χ4v) is 4.86. The Labute approximate surface area is 165 Å². The molecule has 1 aliphatic heterocycles. The molecule has 0 spiro atoms. The van der Waals surface area contributed by atoms with Crippen LogP contribution in [0.25, 0.3) is 0 Å². The molecule has 7 nitrogen and oxygen atoms in total. The van der Waals surface area contributed by atoms with E-state index in [4.69, 9.17) is 9.15 Å². The number of benzene rings is 1. The second-order valence-electron chi connectivity index (χ2n) is 6.86. The van der Waals surface area contributed by atoms with Gasteiger partial charge in [0, 0.05) is 26.1 Å². The number of nitrogens with zero attached hydrogens (tertiary/aromatic N) is 2. The number of piperidine rings is 1. The number of rotatable bonds is 7. The fourth-order valence-electron chi connectivity index (χ4n) is 3.39. The third kappa shape index (κ3) is 4.56. The van der Waals surface area contributed by atoms with E-state index in [1.807, 2.05) is 13.0 Å². The average molecular weight is 407 g/mol. The topological polar surface area (TPSA) is 80.1 Å². The molecule has 1 amide bonds. The molecule has 1 aromatic heterocycles.